The maximum absolute atomic E-state index is 13.6. The number of alkyl halides is 3. The van der Waals surface area contributed by atoms with Gasteiger partial charge >= 0.3 is 6.18 Å². The number of benzene rings is 2. The average Bonchev–Trinajstić information content (AvgIpc) is 3.55. The molecule has 3 rings (SSSR count). The molecule has 1 fully saturated rings. The zero-order valence-electron chi connectivity index (χ0n) is 17.4. The highest BCUT2D eigenvalue weighted by Gasteiger charge is 2.31. The monoisotopic (exact) mass is 453 g/mol. The summed E-state index contributed by atoms with van der Waals surface area (Å²) in [5.41, 5.74) is 14.0. The van der Waals surface area contributed by atoms with Gasteiger partial charge in [-0.25, -0.2) is 4.39 Å². The molecule has 1 aliphatic rings. The lowest BCUT2D eigenvalue weighted by Gasteiger charge is -2.18. The Morgan fingerprint density at radius 1 is 1.19 bits per heavy atom. The molecular weight excluding hydrogens is 426 g/mol. The summed E-state index contributed by atoms with van der Waals surface area (Å²) < 4.78 is 52.4. The third-order valence-electron chi connectivity index (χ3n) is 5.33. The Labute approximate surface area is 183 Å². The SMILES string of the molecule is N/C(=C\C(N)Cc1cc(F)cc(C(F)(F)F)c1)c1ccc(C(O)NCCO)c(C2CC2)c1. The molecule has 7 N–H and O–H groups in total. The van der Waals surface area contributed by atoms with E-state index in [1.807, 2.05) is 6.07 Å². The number of halogens is 4. The van der Waals surface area contributed by atoms with Gasteiger partial charge in [0.25, 0.3) is 0 Å². The smallest absolute Gasteiger partial charge is 0.398 e. The molecule has 2 aromatic rings. The Bertz CT molecular complexity index is 974. The molecule has 174 valence electrons. The second kappa shape index (κ2) is 9.99. The molecule has 2 atom stereocenters. The third-order valence-corrected chi connectivity index (χ3v) is 5.33. The Balaban J connectivity index is 1.78. The first-order valence-corrected chi connectivity index (χ1v) is 10.3. The highest BCUT2D eigenvalue weighted by Crippen LogP contribution is 2.43. The van der Waals surface area contributed by atoms with Gasteiger partial charge < -0.3 is 21.7 Å². The molecule has 0 saturated heterocycles. The highest BCUT2D eigenvalue weighted by atomic mass is 19.4. The standard InChI is InChI=1S/C23H27F4N3O2/c24-17-8-13(7-16(11-17)23(25,26)27)9-18(28)12-21(29)15-3-4-19(22(32)30-5-6-31)20(10-15)14-1-2-14/h3-4,7-8,10-12,14,18,22,30-32H,1-2,5-6,9,28-29H2/b21-12-. The first kappa shape index (κ1) is 24.2. The Kier molecular flexibility index (Phi) is 7.55. The van der Waals surface area contributed by atoms with E-state index in [1.54, 1.807) is 12.1 Å². The Morgan fingerprint density at radius 2 is 1.91 bits per heavy atom. The first-order valence-electron chi connectivity index (χ1n) is 10.3. The molecule has 1 aliphatic carbocycles. The van der Waals surface area contributed by atoms with Gasteiger partial charge in [0.1, 0.15) is 12.0 Å². The predicted octanol–water partition coefficient (Wildman–Crippen LogP) is 3.16. The van der Waals surface area contributed by atoms with Crippen LogP contribution >= 0.6 is 0 Å². The zero-order valence-corrected chi connectivity index (χ0v) is 17.4. The minimum atomic E-state index is -4.65. The molecule has 0 amide bonds. The molecule has 0 aromatic heterocycles. The summed E-state index contributed by atoms with van der Waals surface area (Å²) in [6, 6.07) is 7.00. The van der Waals surface area contributed by atoms with Crippen LogP contribution in [0.25, 0.3) is 5.70 Å². The summed E-state index contributed by atoms with van der Waals surface area (Å²) in [5, 5.41) is 22.1. The van der Waals surface area contributed by atoms with Gasteiger partial charge in [0, 0.05) is 18.3 Å². The number of rotatable bonds is 9. The van der Waals surface area contributed by atoms with Crippen molar-refractivity contribution >= 4 is 5.70 Å². The van der Waals surface area contributed by atoms with Gasteiger partial charge in [0.15, 0.2) is 0 Å². The summed E-state index contributed by atoms with van der Waals surface area (Å²) in [6.07, 6.45) is -2.06. The summed E-state index contributed by atoms with van der Waals surface area (Å²) in [7, 11) is 0. The topological polar surface area (TPSA) is 105 Å². The van der Waals surface area contributed by atoms with Crippen LogP contribution in [0.15, 0.2) is 42.5 Å². The van der Waals surface area contributed by atoms with E-state index in [-0.39, 0.29) is 25.1 Å². The molecule has 9 heteroatoms. The number of nitrogens with one attached hydrogen (secondary N) is 1. The fraction of sp³-hybridized carbons (Fsp3) is 0.391. The third kappa shape index (κ3) is 6.29. The minimum absolute atomic E-state index is 0.0150. The van der Waals surface area contributed by atoms with Crippen LogP contribution in [0.1, 0.15) is 52.8 Å². The van der Waals surface area contributed by atoms with E-state index in [9.17, 15) is 22.7 Å². The molecule has 0 aliphatic heterocycles. The maximum atomic E-state index is 13.6. The van der Waals surface area contributed by atoms with Crippen LogP contribution in [0.3, 0.4) is 0 Å². The number of aliphatic hydroxyl groups is 2. The molecule has 0 bridgehead atoms. The molecular formula is C23H27F4N3O2. The second-order valence-electron chi connectivity index (χ2n) is 8.03. The first-order chi connectivity index (χ1) is 15.1. The van der Waals surface area contributed by atoms with Gasteiger partial charge in [-0.1, -0.05) is 12.1 Å². The van der Waals surface area contributed by atoms with Gasteiger partial charge in [-0.3, -0.25) is 5.32 Å². The fourth-order valence-corrected chi connectivity index (χ4v) is 3.65. The van der Waals surface area contributed by atoms with Crippen molar-refractivity contribution in [3.63, 3.8) is 0 Å². The zero-order chi connectivity index (χ0) is 23.5. The lowest BCUT2D eigenvalue weighted by Crippen LogP contribution is -2.25. The van der Waals surface area contributed by atoms with Crippen molar-refractivity contribution in [2.75, 3.05) is 13.2 Å². The quantitative estimate of drug-likeness (QED) is 0.296. The lowest BCUT2D eigenvalue weighted by atomic mass is 9.96. The summed E-state index contributed by atoms with van der Waals surface area (Å²) in [4.78, 5) is 0. The molecule has 1 saturated carbocycles. The number of hydrogen-bond donors (Lipinski definition) is 5. The number of aliphatic hydroxyl groups excluding tert-OH is 2. The molecule has 0 heterocycles. The van der Waals surface area contributed by atoms with Crippen molar-refractivity contribution in [2.45, 2.75) is 43.6 Å². The summed E-state index contributed by atoms with van der Waals surface area (Å²) in [5.74, 6) is -0.665. The van der Waals surface area contributed by atoms with E-state index in [4.69, 9.17) is 16.6 Å². The van der Waals surface area contributed by atoms with Gasteiger partial charge in [-0.2, -0.15) is 13.2 Å². The molecule has 32 heavy (non-hydrogen) atoms. The highest BCUT2D eigenvalue weighted by molar-refractivity contribution is 5.65. The van der Waals surface area contributed by atoms with Crippen LogP contribution in [-0.4, -0.2) is 29.4 Å². The fourth-order valence-electron chi connectivity index (χ4n) is 3.65. The van der Waals surface area contributed by atoms with Crippen molar-refractivity contribution in [2.24, 2.45) is 11.5 Å². The van der Waals surface area contributed by atoms with Gasteiger partial charge in [0.2, 0.25) is 0 Å². The molecule has 5 nitrogen and oxygen atoms in total. The van der Waals surface area contributed by atoms with Crippen molar-refractivity contribution in [1.82, 2.24) is 5.32 Å². The van der Waals surface area contributed by atoms with Gasteiger partial charge in [0.05, 0.1) is 12.2 Å². The molecule has 2 aromatic carbocycles. The molecule has 2 unspecified atom stereocenters. The number of nitrogens with two attached hydrogens (primary N) is 2. The van der Waals surface area contributed by atoms with Crippen LogP contribution in [0, 0.1) is 5.82 Å². The maximum Gasteiger partial charge on any atom is 0.416 e. The van der Waals surface area contributed by atoms with E-state index in [0.717, 1.165) is 30.5 Å². The minimum Gasteiger partial charge on any atom is -0.398 e. The number of hydrogen-bond acceptors (Lipinski definition) is 5. The Hall–Kier alpha value is -2.46. The molecule has 0 spiro atoms. The van der Waals surface area contributed by atoms with Crippen LogP contribution in [0.4, 0.5) is 17.6 Å². The lowest BCUT2D eigenvalue weighted by molar-refractivity contribution is -0.137. The average molecular weight is 453 g/mol. The largest absolute Gasteiger partial charge is 0.416 e. The van der Waals surface area contributed by atoms with Crippen molar-refractivity contribution < 1.29 is 27.8 Å². The Morgan fingerprint density at radius 3 is 2.53 bits per heavy atom. The van der Waals surface area contributed by atoms with E-state index in [0.29, 0.717) is 28.8 Å². The molecule has 0 radical (unpaired) electrons. The van der Waals surface area contributed by atoms with E-state index in [1.165, 1.54) is 6.08 Å². The van der Waals surface area contributed by atoms with Gasteiger partial charge in [-0.15, -0.1) is 0 Å². The summed E-state index contributed by atoms with van der Waals surface area (Å²) >= 11 is 0. The summed E-state index contributed by atoms with van der Waals surface area (Å²) in [6.45, 7) is 0.150. The van der Waals surface area contributed by atoms with E-state index >= 15 is 0 Å². The van der Waals surface area contributed by atoms with Crippen molar-refractivity contribution in [3.8, 4) is 0 Å². The van der Waals surface area contributed by atoms with Crippen molar-refractivity contribution in [3.05, 3.63) is 76.1 Å². The predicted molar refractivity (Wildman–Crippen MR) is 114 cm³/mol. The van der Waals surface area contributed by atoms with Gasteiger partial charge in [-0.05, 0) is 77.8 Å². The van der Waals surface area contributed by atoms with Crippen LogP contribution in [0.2, 0.25) is 0 Å². The van der Waals surface area contributed by atoms with E-state index in [2.05, 4.69) is 5.32 Å². The van der Waals surface area contributed by atoms with Crippen LogP contribution in [0.5, 0.6) is 0 Å². The van der Waals surface area contributed by atoms with E-state index < -0.39 is 29.8 Å². The van der Waals surface area contributed by atoms with Crippen LogP contribution in [-0.2, 0) is 12.6 Å². The van der Waals surface area contributed by atoms with Crippen molar-refractivity contribution in [1.29, 1.82) is 0 Å². The van der Waals surface area contributed by atoms with Crippen LogP contribution < -0.4 is 16.8 Å². The second-order valence-corrected chi connectivity index (χ2v) is 8.03. The normalized spacial score (nSPS) is 16.8.